The smallest absolute Gasteiger partial charge is 0.220 e. The molecule has 1 aromatic carbocycles. The van der Waals surface area contributed by atoms with Crippen LogP contribution in [0, 0.1) is 6.92 Å². The lowest BCUT2D eigenvalue weighted by molar-refractivity contribution is -0.122. The average Bonchev–Trinajstić information content (AvgIpc) is 2.48. The van der Waals surface area contributed by atoms with Gasteiger partial charge in [0.25, 0.3) is 0 Å². The van der Waals surface area contributed by atoms with E-state index in [1.165, 1.54) is 5.56 Å². The maximum atomic E-state index is 11.8. The molecule has 0 aromatic heterocycles. The van der Waals surface area contributed by atoms with Crippen LogP contribution in [0.2, 0.25) is 0 Å². The van der Waals surface area contributed by atoms with E-state index in [1.54, 1.807) is 0 Å². The summed E-state index contributed by atoms with van der Waals surface area (Å²) in [5.41, 5.74) is 1.20. The standard InChI is InChI=1S/C17H26N2O2.ClH/c1-14-6-4-8-16(12-14)21-11-3-2-9-17(20)19-15-7-5-10-18-13-15;/h4,6,8,12,15,18H,2-3,5,7,9-11,13H2,1H3,(H,19,20);1H. The fraction of sp³-hybridized carbons (Fsp3) is 0.588. The van der Waals surface area contributed by atoms with E-state index in [2.05, 4.69) is 23.6 Å². The van der Waals surface area contributed by atoms with Crippen molar-refractivity contribution < 1.29 is 9.53 Å². The monoisotopic (exact) mass is 326 g/mol. The number of hydrogen-bond acceptors (Lipinski definition) is 3. The van der Waals surface area contributed by atoms with Crippen LogP contribution in [-0.2, 0) is 4.79 Å². The van der Waals surface area contributed by atoms with Crippen LogP contribution in [0.25, 0.3) is 0 Å². The molecule has 2 rings (SSSR count). The Morgan fingerprint density at radius 2 is 2.27 bits per heavy atom. The van der Waals surface area contributed by atoms with Crippen LogP contribution in [0.15, 0.2) is 24.3 Å². The summed E-state index contributed by atoms with van der Waals surface area (Å²) in [5, 5.41) is 6.40. The van der Waals surface area contributed by atoms with E-state index in [1.807, 2.05) is 18.2 Å². The third-order valence-corrected chi connectivity index (χ3v) is 3.72. The van der Waals surface area contributed by atoms with Gasteiger partial charge in [-0.25, -0.2) is 0 Å². The van der Waals surface area contributed by atoms with E-state index in [9.17, 15) is 4.79 Å². The highest BCUT2D eigenvalue weighted by Crippen LogP contribution is 2.13. The molecule has 1 aromatic rings. The highest BCUT2D eigenvalue weighted by Gasteiger charge is 2.14. The van der Waals surface area contributed by atoms with Gasteiger partial charge in [0.05, 0.1) is 6.61 Å². The Labute approximate surface area is 139 Å². The van der Waals surface area contributed by atoms with Gasteiger partial charge < -0.3 is 15.4 Å². The van der Waals surface area contributed by atoms with Gasteiger partial charge >= 0.3 is 0 Å². The van der Waals surface area contributed by atoms with Crippen molar-refractivity contribution in [2.24, 2.45) is 0 Å². The van der Waals surface area contributed by atoms with Gasteiger partial charge in [0.2, 0.25) is 5.91 Å². The Kier molecular flexibility index (Phi) is 8.94. The molecule has 1 aliphatic heterocycles. The predicted molar refractivity (Wildman–Crippen MR) is 91.8 cm³/mol. The molecule has 1 amide bonds. The predicted octanol–water partition coefficient (Wildman–Crippen LogP) is 2.83. The lowest BCUT2D eigenvalue weighted by atomic mass is 10.1. The maximum absolute atomic E-state index is 11.8. The van der Waals surface area contributed by atoms with Gasteiger partial charge in [0.15, 0.2) is 0 Å². The van der Waals surface area contributed by atoms with E-state index in [4.69, 9.17) is 4.74 Å². The van der Waals surface area contributed by atoms with Crippen LogP contribution in [0.4, 0.5) is 0 Å². The topological polar surface area (TPSA) is 50.4 Å². The Balaban J connectivity index is 0.00000242. The minimum atomic E-state index is 0. The third-order valence-electron chi connectivity index (χ3n) is 3.72. The molecule has 0 spiro atoms. The van der Waals surface area contributed by atoms with Gasteiger partial charge in [0, 0.05) is 19.0 Å². The number of unbranched alkanes of at least 4 members (excludes halogenated alkanes) is 1. The molecule has 0 radical (unpaired) electrons. The van der Waals surface area contributed by atoms with Gasteiger partial charge in [-0.3, -0.25) is 4.79 Å². The Morgan fingerprint density at radius 1 is 1.41 bits per heavy atom. The number of rotatable bonds is 7. The summed E-state index contributed by atoms with van der Waals surface area (Å²) in [5.74, 6) is 1.08. The molecule has 4 nitrogen and oxygen atoms in total. The maximum Gasteiger partial charge on any atom is 0.220 e. The second kappa shape index (κ2) is 10.5. The quantitative estimate of drug-likeness (QED) is 0.758. The average molecular weight is 327 g/mol. The highest BCUT2D eigenvalue weighted by molar-refractivity contribution is 5.85. The molecular weight excluding hydrogens is 300 g/mol. The van der Waals surface area contributed by atoms with Crippen LogP contribution in [-0.4, -0.2) is 31.6 Å². The van der Waals surface area contributed by atoms with E-state index in [0.717, 1.165) is 44.5 Å². The van der Waals surface area contributed by atoms with Crippen LogP contribution in [0.1, 0.15) is 37.7 Å². The second-order valence-electron chi connectivity index (χ2n) is 5.73. The molecule has 1 aliphatic rings. The van der Waals surface area contributed by atoms with Gasteiger partial charge in [0.1, 0.15) is 5.75 Å². The molecule has 0 saturated carbocycles. The Bertz CT molecular complexity index is 448. The number of carbonyl (C=O) groups excluding carboxylic acids is 1. The summed E-state index contributed by atoms with van der Waals surface area (Å²) in [6.07, 6.45) is 4.61. The highest BCUT2D eigenvalue weighted by atomic mass is 35.5. The number of hydrogen-bond donors (Lipinski definition) is 2. The summed E-state index contributed by atoms with van der Waals surface area (Å²) < 4.78 is 5.68. The summed E-state index contributed by atoms with van der Waals surface area (Å²) in [6.45, 7) is 4.70. The number of halogens is 1. The van der Waals surface area contributed by atoms with Gasteiger partial charge in [-0.15, -0.1) is 12.4 Å². The zero-order valence-corrected chi connectivity index (χ0v) is 14.1. The number of nitrogens with one attached hydrogen (secondary N) is 2. The number of aryl methyl sites for hydroxylation is 1. The van der Waals surface area contributed by atoms with Crippen molar-refractivity contribution in [2.75, 3.05) is 19.7 Å². The van der Waals surface area contributed by atoms with Gasteiger partial charge in [-0.2, -0.15) is 0 Å². The van der Waals surface area contributed by atoms with Crippen LogP contribution >= 0.6 is 12.4 Å². The van der Waals surface area contributed by atoms with Crippen molar-refractivity contribution in [3.63, 3.8) is 0 Å². The first-order valence-corrected chi connectivity index (χ1v) is 7.93. The second-order valence-corrected chi connectivity index (χ2v) is 5.73. The van der Waals surface area contributed by atoms with E-state index in [0.29, 0.717) is 19.1 Å². The molecule has 22 heavy (non-hydrogen) atoms. The first-order valence-electron chi connectivity index (χ1n) is 7.93. The van der Waals surface area contributed by atoms with Crippen LogP contribution in [0.5, 0.6) is 5.75 Å². The number of benzene rings is 1. The molecular formula is C17H27ClN2O2. The molecule has 5 heteroatoms. The minimum absolute atomic E-state index is 0. The Hall–Kier alpha value is -1.26. The molecule has 1 atom stereocenters. The van der Waals surface area contributed by atoms with Crippen LogP contribution in [0.3, 0.4) is 0 Å². The van der Waals surface area contributed by atoms with Crippen molar-refractivity contribution >= 4 is 18.3 Å². The zero-order valence-electron chi connectivity index (χ0n) is 13.3. The van der Waals surface area contributed by atoms with E-state index < -0.39 is 0 Å². The molecule has 0 bridgehead atoms. The van der Waals surface area contributed by atoms with Crippen molar-refractivity contribution in [1.29, 1.82) is 0 Å². The Morgan fingerprint density at radius 3 is 3.00 bits per heavy atom. The van der Waals surface area contributed by atoms with Gasteiger partial charge in [-0.1, -0.05) is 12.1 Å². The number of carbonyl (C=O) groups is 1. The lowest BCUT2D eigenvalue weighted by Gasteiger charge is -2.23. The first kappa shape index (κ1) is 18.8. The molecule has 124 valence electrons. The number of piperidine rings is 1. The third kappa shape index (κ3) is 7.14. The normalized spacial score (nSPS) is 17.4. The fourth-order valence-corrected chi connectivity index (χ4v) is 2.56. The fourth-order valence-electron chi connectivity index (χ4n) is 2.56. The van der Waals surface area contributed by atoms with E-state index in [-0.39, 0.29) is 18.3 Å². The molecule has 0 aliphatic carbocycles. The molecule has 1 saturated heterocycles. The summed E-state index contributed by atoms with van der Waals surface area (Å²) in [4.78, 5) is 11.8. The summed E-state index contributed by atoms with van der Waals surface area (Å²) in [7, 11) is 0. The van der Waals surface area contributed by atoms with E-state index >= 15 is 0 Å². The molecule has 2 N–H and O–H groups in total. The summed E-state index contributed by atoms with van der Waals surface area (Å²) >= 11 is 0. The first-order chi connectivity index (χ1) is 10.2. The SMILES string of the molecule is Cc1cccc(OCCCCC(=O)NC2CCCNC2)c1.Cl. The lowest BCUT2D eigenvalue weighted by Crippen LogP contribution is -2.45. The minimum Gasteiger partial charge on any atom is -0.494 e. The van der Waals surface area contributed by atoms with Crippen molar-refractivity contribution in [2.45, 2.75) is 45.1 Å². The number of ether oxygens (including phenoxy) is 1. The van der Waals surface area contributed by atoms with Gasteiger partial charge in [-0.05, 0) is 56.8 Å². The van der Waals surface area contributed by atoms with Crippen molar-refractivity contribution in [3.05, 3.63) is 29.8 Å². The molecule has 1 fully saturated rings. The summed E-state index contributed by atoms with van der Waals surface area (Å²) in [6, 6.07) is 8.36. The van der Waals surface area contributed by atoms with Crippen molar-refractivity contribution in [1.82, 2.24) is 10.6 Å². The van der Waals surface area contributed by atoms with Crippen LogP contribution < -0.4 is 15.4 Å². The molecule has 1 unspecified atom stereocenters. The number of amides is 1. The molecule has 1 heterocycles. The van der Waals surface area contributed by atoms with Crippen molar-refractivity contribution in [3.8, 4) is 5.75 Å². The zero-order chi connectivity index (χ0) is 14.9. The largest absolute Gasteiger partial charge is 0.494 e.